The van der Waals surface area contributed by atoms with E-state index in [0.29, 0.717) is 12.0 Å². The van der Waals surface area contributed by atoms with E-state index in [1.54, 1.807) is 21.0 Å². The molecule has 0 aromatic heterocycles. The van der Waals surface area contributed by atoms with Gasteiger partial charge in [0, 0.05) is 19.7 Å². The molecule has 1 fully saturated rings. The number of rotatable bonds is 4. The number of ether oxygens (including phenoxy) is 1. The predicted molar refractivity (Wildman–Crippen MR) is 64.0 cm³/mol. The smallest absolute Gasteiger partial charge is 0.251 e. The Morgan fingerprint density at radius 3 is 2.75 bits per heavy atom. The molecule has 0 radical (unpaired) electrons. The van der Waals surface area contributed by atoms with E-state index in [1.807, 2.05) is 0 Å². The summed E-state index contributed by atoms with van der Waals surface area (Å²) in [5.74, 6) is 0.481. The standard InChI is InChI=1S/C12H24N2O2/c1-12(2,16-3)11(15)14-8-9-5-4-6-10(13)7-9/h9-10H,4-8,13H2,1-3H3,(H,14,15). The summed E-state index contributed by atoms with van der Waals surface area (Å²) in [4.78, 5) is 11.8. The zero-order valence-corrected chi connectivity index (χ0v) is 10.6. The van der Waals surface area contributed by atoms with Crippen LogP contribution in [-0.2, 0) is 9.53 Å². The molecule has 0 aliphatic heterocycles. The molecule has 16 heavy (non-hydrogen) atoms. The minimum Gasteiger partial charge on any atom is -0.369 e. The van der Waals surface area contributed by atoms with Gasteiger partial charge in [0.05, 0.1) is 0 Å². The van der Waals surface area contributed by atoms with Crippen LogP contribution in [-0.4, -0.2) is 31.2 Å². The molecule has 1 rings (SSSR count). The van der Waals surface area contributed by atoms with E-state index in [0.717, 1.165) is 19.4 Å². The van der Waals surface area contributed by atoms with E-state index >= 15 is 0 Å². The first-order chi connectivity index (χ1) is 7.45. The fraction of sp³-hybridized carbons (Fsp3) is 0.917. The van der Waals surface area contributed by atoms with Crippen LogP contribution in [0, 0.1) is 5.92 Å². The van der Waals surface area contributed by atoms with Crippen molar-refractivity contribution in [2.75, 3.05) is 13.7 Å². The average molecular weight is 228 g/mol. The Bertz CT molecular complexity index is 241. The van der Waals surface area contributed by atoms with Crippen molar-refractivity contribution in [3.8, 4) is 0 Å². The van der Waals surface area contributed by atoms with Gasteiger partial charge in [-0.15, -0.1) is 0 Å². The largest absolute Gasteiger partial charge is 0.369 e. The molecule has 2 unspecified atom stereocenters. The van der Waals surface area contributed by atoms with Crippen molar-refractivity contribution in [2.24, 2.45) is 11.7 Å². The molecule has 0 aromatic rings. The van der Waals surface area contributed by atoms with Crippen molar-refractivity contribution in [3.63, 3.8) is 0 Å². The Morgan fingerprint density at radius 1 is 1.50 bits per heavy atom. The van der Waals surface area contributed by atoms with Crippen LogP contribution in [0.25, 0.3) is 0 Å². The molecular formula is C12H24N2O2. The summed E-state index contributed by atoms with van der Waals surface area (Å²) in [7, 11) is 1.55. The van der Waals surface area contributed by atoms with E-state index in [1.165, 1.54) is 12.8 Å². The Kier molecular flexibility index (Phi) is 4.74. The van der Waals surface area contributed by atoms with E-state index < -0.39 is 5.60 Å². The summed E-state index contributed by atoms with van der Waals surface area (Å²) >= 11 is 0. The first-order valence-corrected chi connectivity index (χ1v) is 6.04. The fourth-order valence-electron chi connectivity index (χ4n) is 2.06. The van der Waals surface area contributed by atoms with Crippen molar-refractivity contribution in [1.82, 2.24) is 5.32 Å². The van der Waals surface area contributed by atoms with Crippen molar-refractivity contribution in [3.05, 3.63) is 0 Å². The lowest BCUT2D eigenvalue weighted by molar-refractivity contribution is -0.139. The summed E-state index contributed by atoms with van der Waals surface area (Å²) in [6.45, 7) is 4.27. The van der Waals surface area contributed by atoms with Gasteiger partial charge in [0.15, 0.2) is 0 Å². The first-order valence-electron chi connectivity index (χ1n) is 6.04. The molecule has 4 nitrogen and oxygen atoms in total. The van der Waals surface area contributed by atoms with Gasteiger partial charge < -0.3 is 15.8 Å². The van der Waals surface area contributed by atoms with Crippen LogP contribution in [0.3, 0.4) is 0 Å². The third kappa shape index (κ3) is 3.76. The summed E-state index contributed by atoms with van der Waals surface area (Å²) in [5, 5.41) is 2.94. The molecule has 4 heteroatoms. The van der Waals surface area contributed by atoms with E-state index in [9.17, 15) is 4.79 Å². The molecule has 1 amide bonds. The molecule has 1 aliphatic rings. The zero-order valence-electron chi connectivity index (χ0n) is 10.6. The van der Waals surface area contributed by atoms with Crippen LogP contribution in [0.4, 0.5) is 0 Å². The molecule has 0 bridgehead atoms. The second-order valence-corrected chi connectivity index (χ2v) is 5.22. The molecular weight excluding hydrogens is 204 g/mol. The number of carbonyl (C=O) groups excluding carboxylic acids is 1. The lowest BCUT2D eigenvalue weighted by atomic mass is 9.86. The van der Waals surface area contributed by atoms with Crippen molar-refractivity contribution in [2.45, 2.75) is 51.2 Å². The third-order valence-electron chi connectivity index (χ3n) is 3.43. The van der Waals surface area contributed by atoms with Crippen LogP contribution in [0.2, 0.25) is 0 Å². The fourth-order valence-corrected chi connectivity index (χ4v) is 2.06. The number of methoxy groups -OCH3 is 1. The van der Waals surface area contributed by atoms with Gasteiger partial charge in [-0.1, -0.05) is 6.42 Å². The minimum atomic E-state index is -0.739. The summed E-state index contributed by atoms with van der Waals surface area (Å²) < 4.78 is 5.12. The van der Waals surface area contributed by atoms with Crippen LogP contribution < -0.4 is 11.1 Å². The molecule has 94 valence electrons. The highest BCUT2D eigenvalue weighted by atomic mass is 16.5. The first kappa shape index (κ1) is 13.5. The lowest BCUT2D eigenvalue weighted by Gasteiger charge is -2.28. The van der Waals surface area contributed by atoms with Gasteiger partial charge in [-0.25, -0.2) is 0 Å². The Labute approximate surface area is 97.9 Å². The highest BCUT2D eigenvalue weighted by Gasteiger charge is 2.28. The Balaban J connectivity index is 2.31. The van der Waals surface area contributed by atoms with Crippen LogP contribution in [0.15, 0.2) is 0 Å². The molecule has 0 spiro atoms. The van der Waals surface area contributed by atoms with Gasteiger partial charge in [-0.3, -0.25) is 4.79 Å². The van der Waals surface area contributed by atoms with E-state index in [-0.39, 0.29) is 5.91 Å². The lowest BCUT2D eigenvalue weighted by Crippen LogP contribution is -2.46. The molecule has 3 N–H and O–H groups in total. The highest BCUT2D eigenvalue weighted by Crippen LogP contribution is 2.22. The predicted octanol–water partition coefficient (Wildman–Crippen LogP) is 1.05. The highest BCUT2D eigenvalue weighted by molar-refractivity contribution is 5.84. The number of nitrogens with one attached hydrogen (secondary N) is 1. The van der Waals surface area contributed by atoms with E-state index in [2.05, 4.69) is 5.32 Å². The zero-order chi connectivity index (χ0) is 12.2. The number of carbonyl (C=O) groups is 1. The van der Waals surface area contributed by atoms with Crippen molar-refractivity contribution in [1.29, 1.82) is 0 Å². The maximum absolute atomic E-state index is 11.8. The van der Waals surface area contributed by atoms with Gasteiger partial charge in [-0.05, 0) is 39.0 Å². The second-order valence-electron chi connectivity index (χ2n) is 5.22. The number of hydrogen-bond acceptors (Lipinski definition) is 3. The number of nitrogens with two attached hydrogens (primary N) is 1. The van der Waals surface area contributed by atoms with Crippen molar-refractivity contribution >= 4 is 5.91 Å². The monoisotopic (exact) mass is 228 g/mol. The minimum absolute atomic E-state index is 0.0471. The van der Waals surface area contributed by atoms with Crippen LogP contribution >= 0.6 is 0 Å². The molecule has 0 aromatic carbocycles. The SMILES string of the molecule is COC(C)(C)C(=O)NCC1CCCC(N)C1. The van der Waals surface area contributed by atoms with E-state index in [4.69, 9.17) is 10.5 Å². The molecule has 0 saturated heterocycles. The normalized spacial score (nSPS) is 26.5. The third-order valence-corrected chi connectivity index (χ3v) is 3.43. The molecule has 0 heterocycles. The maximum atomic E-state index is 11.8. The molecule has 1 saturated carbocycles. The van der Waals surface area contributed by atoms with Gasteiger partial charge in [0.1, 0.15) is 5.60 Å². The number of amides is 1. The summed E-state index contributed by atoms with van der Waals surface area (Å²) in [5.41, 5.74) is 5.17. The Hall–Kier alpha value is -0.610. The van der Waals surface area contributed by atoms with Crippen LogP contribution in [0.1, 0.15) is 39.5 Å². The second kappa shape index (κ2) is 5.64. The number of hydrogen-bond donors (Lipinski definition) is 2. The Morgan fingerprint density at radius 2 is 2.19 bits per heavy atom. The topological polar surface area (TPSA) is 64.3 Å². The maximum Gasteiger partial charge on any atom is 0.251 e. The van der Waals surface area contributed by atoms with Gasteiger partial charge >= 0.3 is 0 Å². The summed E-state index contributed by atoms with van der Waals surface area (Å²) in [6, 6.07) is 0.311. The summed E-state index contributed by atoms with van der Waals surface area (Å²) in [6.07, 6.45) is 4.48. The van der Waals surface area contributed by atoms with Gasteiger partial charge in [0.25, 0.3) is 5.91 Å². The quantitative estimate of drug-likeness (QED) is 0.756. The molecule has 2 atom stereocenters. The van der Waals surface area contributed by atoms with Crippen molar-refractivity contribution < 1.29 is 9.53 Å². The van der Waals surface area contributed by atoms with Gasteiger partial charge in [0.2, 0.25) is 0 Å². The van der Waals surface area contributed by atoms with Crippen LogP contribution in [0.5, 0.6) is 0 Å². The molecule has 1 aliphatic carbocycles. The average Bonchev–Trinajstić information content (AvgIpc) is 2.26. The van der Waals surface area contributed by atoms with Gasteiger partial charge in [-0.2, -0.15) is 0 Å².